The maximum absolute atomic E-state index is 12.9. The number of hydrogen-bond acceptors (Lipinski definition) is 3. The van der Waals surface area contributed by atoms with Crippen molar-refractivity contribution >= 4 is 11.8 Å². The van der Waals surface area contributed by atoms with Gasteiger partial charge in [0.2, 0.25) is 5.91 Å². The fraction of sp³-hybridized carbons (Fsp3) is 0.619. The molecule has 1 aromatic carbocycles. The van der Waals surface area contributed by atoms with Crippen molar-refractivity contribution in [3.8, 4) is 5.75 Å². The van der Waals surface area contributed by atoms with Crippen LogP contribution in [0.5, 0.6) is 5.75 Å². The number of carbonyl (C=O) groups excluding carboxylic acids is 2. The molecule has 1 aliphatic heterocycles. The Labute approximate surface area is 157 Å². The molecule has 5 heteroatoms. The van der Waals surface area contributed by atoms with E-state index < -0.39 is 0 Å². The number of ether oxygens (including phenoxy) is 1. The highest BCUT2D eigenvalue weighted by Crippen LogP contribution is 2.21. The first kappa shape index (κ1) is 20.3. The maximum atomic E-state index is 12.9. The van der Waals surface area contributed by atoms with Gasteiger partial charge in [0, 0.05) is 37.7 Å². The molecule has 0 N–H and O–H groups in total. The van der Waals surface area contributed by atoms with Crippen LogP contribution < -0.4 is 4.74 Å². The highest BCUT2D eigenvalue weighted by atomic mass is 16.5. The third-order valence-corrected chi connectivity index (χ3v) is 5.15. The third-order valence-electron chi connectivity index (χ3n) is 5.15. The Morgan fingerprint density at radius 3 is 2.31 bits per heavy atom. The third kappa shape index (κ3) is 4.77. The molecule has 0 aliphatic carbocycles. The topological polar surface area (TPSA) is 49.9 Å². The zero-order chi connectivity index (χ0) is 19.1. The van der Waals surface area contributed by atoms with Crippen LogP contribution in [0.25, 0.3) is 0 Å². The lowest BCUT2D eigenvalue weighted by molar-refractivity contribution is -0.135. The molecule has 26 heavy (non-hydrogen) atoms. The molecule has 0 atom stereocenters. The van der Waals surface area contributed by atoms with E-state index in [1.54, 1.807) is 0 Å². The van der Waals surface area contributed by atoms with E-state index in [4.69, 9.17) is 4.74 Å². The molecule has 0 spiro atoms. The second-order valence-electron chi connectivity index (χ2n) is 6.90. The normalized spacial score (nSPS) is 15.1. The molecule has 0 aromatic heterocycles. The maximum Gasteiger partial charge on any atom is 0.253 e. The summed E-state index contributed by atoms with van der Waals surface area (Å²) in [6.45, 7) is 11.3. The number of nitrogens with zero attached hydrogens (tertiary/aromatic N) is 2. The van der Waals surface area contributed by atoms with Gasteiger partial charge < -0.3 is 14.5 Å². The molecule has 0 saturated carbocycles. The van der Waals surface area contributed by atoms with Crippen molar-refractivity contribution < 1.29 is 14.3 Å². The van der Waals surface area contributed by atoms with Crippen molar-refractivity contribution in [1.29, 1.82) is 0 Å². The van der Waals surface area contributed by atoms with E-state index >= 15 is 0 Å². The molecule has 1 saturated heterocycles. The fourth-order valence-corrected chi connectivity index (χ4v) is 3.52. The standard InChI is InChI=1S/C21H32N2O3/c1-5-17(6-2)20(24)22-11-8-12-23(14-13-22)21(25)18-9-10-19(26-7-3)16(4)15-18/h9-10,15,17H,5-8,11-14H2,1-4H3. The average Bonchev–Trinajstić information content (AvgIpc) is 2.90. The zero-order valence-electron chi connectivity index (χ0n) is 16.6. The number of carbonyl (C=O) groups is 2. The lowest BCUT2D eigenvalue weighted by Crippen LogP contribution is -2.39. The van der Waals surface area contributed by atoms with Crippen molar-refractivity contribution in [2.24, 2.45) is 5.92 Å². The Hall–Kier alpha value is -2.04. The van der Waals surface area contributed by atoms with E-state index in [2.05, 4.69) is 13.8 Å². The largest absolute Gasteiger partial charge is 0.494 e. The molecule has 2 amide bonds. The smallest absolute Gasteiger partial charge is 0.253 e. The first-order valence-electron chi connectivity index (χ1n) is 9.83. The van der Waals surface area contributed by atoms with Gasteiger partial charge in [-0.15, -0.1) is 0 Å². The van der Waals surface area contributed by atoms with Gasteiger partial charge in [-0.05, 0) is 56.9 Å². The van der Waals surface area contributed by atoms with Gasteiger partial charge in [-0.25, -0.2) is 0 Å². The van der Waals surface area contributed by atoms with Gasteiger partial charge >= 0.3 is 0 Å². The Kier molecular flexibility index (Phi) is 7.49. The summed E-state index contributed by atoms with van der Waals surface area (Å²) < 4.78 is 5.55. The number of amides is 2. The van der Waals surface area contributed by atoms with Crippen LogP contribution in [0.2, 0.25) is 0 Å². The Bertz CT molecular complexity index is 626. The Morgan fingerprint density at radius 2 is 1.69 bits per heavy atom. The highest BCUT2D eigenvalue weighted by Gasteiger charge is 2.26. The lowest BCUT2D eigenvalue weighted by atomic mass is 10.0. The molecular formula is C21H32N2O3. The minimum absolute atomic E-state index is 0.0352. The molecule has 5 nitrogen and oxygen atoms in total. The minimum Gasteiger partial charge on any atom is -0.494 e. The van der Waals surface area contributed by atoms with E-state index in [0.717, 1.165) is 37.1 Å². The SMILES string of the molecule is CCOc1ccc(C(=O)N2CCCN(C(=O)C(CC)CC)CC2)cc1C. The summed E-state index contributed by atoms with van der Waals surface area (Å²) in [6, 6.07) is 5.59. The highest BCUT2D eigenvalue weighted by molar-refractivity contribution is 5.94. The molecule has 1 heterocycles. The Balaban J connectivity index is 2.03. The number of benzene rings is 1. The van der Waals surface area contributed by atoms with Crippen molar-refractivity contribution in [1.82, 2.24) is 9.80 Å². The lowest BCUT2D eigenvalue weighted by Gasteiger charge is -2.25. The van der Waals surface area contributed by atoms with Gasteiger partial charge in [0.05, 0.1) is 6.61 Å². The molecular weight excluding hydrogens is 328 g/mol. The summed E-state index contributed by atoms with van der Waals surface area (Å²) in [6.07, 6.45) is 2.58. The fourth-order valence-electron chi connectivity index (χ4n) is 3.52. The van der Waals surface area contributed by atoms with E-state index in [1.807, 2.05) is 41.8 Å². The number of aryl methyl sites for hydroxylation is 1. The zero-order valence-corrected chi connectivity index (χ0v) is 16.6. The molecule has 0 radical (unpaired) electrons. The molecule has 0 bridgehead atoms. The van der Waals surface area contributed by atoms with Crippen LogP contribution in [0.3, 0.4) is 0 Å². The number of hydrogen-bond donors (Lipinski definition) is 0. The van der Waals surface area contributed by atoms with E-state index in [1.165, 1.54) is 0 Å². The predicted octanol–water partition coefficient (Wildman–Crippen LogP) is 3.50. The van der Waals surface area contributed by atoms with Crippen LogP contribution >= 0.6 is 0 Å². The second-order valence-corrected chi connectivity index (χ2v) is 6.90. The molecule has 144 valence electrons. The molecule has 2 rings (SSSR count). The summed E-state index contributed by atoms with van der Waals surface area (Å²) in [5.74, 6) is 1.20. The van der Waals surface area contributed by atoms with Crippen LogP contribution in [0, 0.1) is 12.8 Å². The molecule has 1 aromatic rings. The van der Waals surface area contributed by atoms with Crippen molar-refractivity contribution in [3.05, 3.63) is 29.3 Å². The van der Waals surface area contributed by atoms with Crippen LogP contribution in [-0.2, 0) is 4.79 Å². The summed E-state index contributed by atoms with van der Waals surface area (Å²) in [4.78, 5) is 29.3. The van der Waals surface area contributed by atoms with Crippen molar-refractivity contribution in [2.75, 3.05) is 32.8 Å². The van der Waals surface area contributed by atoms with Gasteiger partial charge in [-0.2, -0.15) is 0 Å². The van der Waals surface area contributed by atoms with Gasteiger partial charge in [0.25, 0.3) is 5.91 Å². The number of rotatable bonds is 6. The van der Waals surface area contributed by atoms with Gasteiger partial charge in [0.15, 0.2) is 0 Å². The van der Waals surface area contributed by atoms with Crippen LogP contribution in [0.1, 0.15) is 56.0 Å². The summed E-state index contributed by atoms with van der Waals surface area (Å²) in [7, 11) is 0. The average molecular weight is 360 g/mol. The Morgan fingerprint density at radius 1 is 1.04 bits per heavy atom. The summed E-state index contributed by atoms with van der Waals surface area (Å²) >= 11 is 0. The van der Waals surface area contributed by atoms with Gasteiger partial charge in [-0.1, -0.05) is 13.8 Å². The first-order chi connectivity index (χ1) is 12.5. The molecule has 1 aliphatic rings. The second kappa shape index (κ2) is 9.60. The summed E-state index contributed by atoms with van der Waals surface area (Å²) in [5.41, 5.74) is 1.66. The van der Waals surface area contributed by atoms with E-state index in [9.17, 15) is 9.59 Å². The van der Waals surface area contributed by atoms with Gasteiger partial charge in [-0.3, -0.25) is 9.59 Å². The van der Waals surface area contributed by atoms with E-state index in [-0.39, 0.29) is 17.7 Å². The van der Waals surface area contributed by atoms with E-state index in [0.29, 0.717) is 31.8 Å². The molecule has 0 unspecified atom stereocenters. The van der Waals surface area contributed by atoms with Crippen molar-refractivity contribution in [3.63, 3.8) is 0 Å². The van der Waals surface area contributed by atoms with Gasteiger partial charge in [0.1, 0.15) is 5.75 Å². The van der Waals surface area contributed by atoms with Crippen LogP contribution in [0.15, 0.2) is 18.2 Å². The minimum atomic E-state index is 0.0352. The molecule has 1 fully saturated rings. The monoisotopic (exact) mass is 360 g/mol. The van der Waals surface area contributed by atoms with Crippen molar-refractivity contribution in [2.45, 2.75) is 47.0 Å². The summed E-state index contributed by atoms with van der Waals surface area (Å²) in [5, 5.41) is 0. The quantitative estimate of drug-likeness (QED) is 0.780. The van der Waals surface area contributed by atoms with Crippen LogP contribution in [0.4, 0.5) is 0 Å². The first-order valence-corrected chi connectivity index (χ1v) is 9.83. The van der Waals surface area contributed by atoms with Crippen LogP contribution in [-0.4, -0.2) is 54.4 Å². The predicted molar refractivity (Wildman–Crippen MR) is 104 cm³/mol.